The summed E-state index contributed by atoms with van der Waals surface area (Å²) in [5.41, 5.74) is 0.743. The number of carbonyl (C=O) groups excluding carboxylic acids is 5. The molecule has 61 heavy (non-hydrogen) atoms. The van der Waals surface area contributed by atoms with Crippen LogP contribution in [0, 0.1) is 16.6 Å². The lowest BCUT2D eigenvalue weighted by Gasteiger charge is -2.38. The maximum absolute atomic E-state index is 15.5. The number of imide groups is 1. The van der Waals surface area contributed by atoms with Crippen molar-refractivity contribution in [1.29, 1.82) is 0 Å². The van der Waals surface area contributed by atoms with Gasteiger partial charge in [0.15, 0.2) is 0 Å². The molecule has 0 spiro atoms. The van der Waals surface area contributed by atoms with Crippen LogP contribution in [0.3, 0.4) is 0 Å². The molecule has 2 aliphatic rings. The molecule has 2 saturated heterocycles. The third kappa shape index (κ3) is 11.9. The summed E-state index contributed by atoms with van der Waals surface area (Å²) in [5.74, 6) is -1.48. The summed E-state index contributed by atoms with van der Waals surface area (Å²) in [7, 11) is 1.59. The van der Waals surface area contributed by atoms with Gasteiger partial charge in [0.1, 0.15) is 30.9 Å². The van der Waals surface area contributed by atoms with Crippen LogP contribution in [0.2, 0.25) is 4.34 Å². The SMILES string of the molecule is COc1ccc(CN(CC(C)(C)CC(C)(C)CC(=O)N(CC2CN(c3ccc(N4CCOCC4=O)cc3F)C(=O)O2)C(=O)c2ccc(Cl)s2)C(=O)OCc2ccccc2)cc1. The van der Waals surface area contributed by atoms with Crippen LogP contribution in [0.4, 0.5) is 25.4 Å². The average Bonchev–Trinajstić information content (AvgIpc) is 3.82. The van der Waals surface area contributed by atoms with Gasteiger partial charge in [-0.3, -0.25) is 24.2 Å². The normalized spacial score (nSPS) is 15.7. The predicted molar refractivity (Wildman–Crippen MR) is 229 cm³/mol. The highest BCUT2D eigenvalue weighted by Gasteiger charge is 2.40. The molecule has 2 fully saturated rings. The van der Waals surface area contributed by atoms with E-state index in [1.807, 2.05) is 82.3 Å². The zero-order chi connectivity index (χ0) is 43.9. The molecule has 2 aliphatic heterocycles. The van der Waals surface area contributed by atoms with Gasteiger partial charge in [0.05, 0.1) is 41.7 Å². The molecule has 0 bridgehead atoms. The highest BCUT2D eigenvalue weighted by Crippen LogP contribution is 2.38. The molecule has 4 aromatic rings. The molecular formula is C45H50ClFN4O9S. The van der Waals surface area contributed by atoms with Crippen molar-refractivity contribution in [3.05, 3.63) is 111 Å². The Morgan fingerprint density at radius 2 is 1.67 bits per heavy atom. The van der Waals surface area contributed by atoms with Gasteiger partial charge >= 0.3 is 12.2 Å². The van der Waals surface area contributed by atoms with Crippen LogP contribution in [0.1, 0.15) is 61.3 Å². The summed E-state index contributed by atoms with van der Waals surface area (Å²) < 4.78 is 37.8. The van der Waals surface area contributed by atoms with Crippen molar-refractivity contribution in [1.82, 2.24) is 9.80 Å². The second kappa shape index (κ2) is 19.5. The largest absolute Gasteiger partial charge is 0.497 e. The lowest BCUT2D eigenvalue weighted by Crippen LogP contribution is -2.45. The number of amides is 5. The van der Waals surface area contributed by atoms with Gasteiger partial charge in [-0.2, -0.15) is 0 Å². The Morgan fingerprint density at radius 3 is 2.33 bits per heavy atom. The Morgan fingerprint density at radius 1 is 0.934 bits per heavy atom. The van der Waals surface area contributed by atoms with E-state index < -0.39 is 46.8 Å². The van der Waals surface area contributed by atoms with E-state index in [2.05, 4.69) is 0 Å². The van der Waals surface area contributed by atoms with E-state index in [4.69, 9.17) is 30.5 Å². The van der Waals surface area contributed by atoms with Crippen LogP contribution in [-0.2, 0) is 37.0 Å². The molecule has 13 nitrogen and oxygen atoms in total. The number of nitrogens with zero attached hydrogens (tertiary/aromatic N) is 4. The summed E-state index contributed by atoms with van der Waals surface area (Å²) in [4.78, 5) is 72.9. The molecule has 0 aliphatic carbocycles. The van der Waals surface area contributed by atoms with Gasteiger partial charge in [0.2, 0.25) is 5.91 Å². The van der Waals surface area contributed by atoms with Gasteiger partial charge in [0.25, 0.3) is 11.8 Å². The maximum Gasteiger partial charge on any atom is 0.414 e. The summed E-state index contributed by atoms with van der Waals surface area (Å²) in [6.07, 6.45) is -1.93. The lowest BCUT2D eigenvalue weighted by molar-refractivity contribution is -0.132. The van der Waals surface area contributed by atoms with Crippen LogP contribution in [-0.4, -0.2) is 92.3 Å². The molecule has 16 heteroatoms. The third-order valence-corrected chi connectivity index (χ3v) is 11.5. The molecular weight excluding hydrogens is 827 g/mol. The number of benzene rings is 3. The van der Waals surface area contributed by atoms with Gasteiger partial charge in [-0.15, -0.1) is 11.3 Å². The summed E-state index contributed by atoms with van der Waals surface area (Å²) >= 11 is 7.21. The number of morpholine rings is 1. The molecule has 6 rings (SSSR count). The highest BCUT2D eigenvalue weighted by molar-refractivity contribution is 7.18. The van der Waals surface area contributed by atoms with Crippen molar-refractivity contribution in [3.8, 4) is 5.75 Å². The minimum atomic E-state index is -0.983. The smallest absolute Gasteiger partial charge is 0.414 e. The van der Waals surface area contributed by atoms with E-state index in [-0.39, 0.29) is 68.8 Å². The first kappa shape index (κ1) is 45.0. The Balaban J connectivity index is 1.15. The molecule has 1 unspecified atom stereocenters. The molecule has 324 valence electrons. The first-order valence-corrected chi connectivity index (χ1v) is 21.0. The minimum Gasteiger partial charge on any atom is -0.497 e. The molecule has 0 radical (unpaired) electrons. The van der Waals surface area contributed by atoms with Gasteiger partial charge < -0.3 is 28.7 Å². The Bertz CT molecular complexity index is 2220. The van der Waals surface area contributed by atoms with E-state index in [0.29, 0.717) is 28.8 Å². The number of carbonyl (C=O) groups is 5. The number of hydrogen-bond acceptors (Lipinski definition) is 10. The van der Waals surface area contributed by atoms with Crippen LogP contribution < -0.4 is 14.5 Å². The molecule has 0 N–H and O–H groups in total. The number of rotatable bonds is 16. The zero-order valence-corrected chi connectivity index (χ0v) is 36.4. The topological polar surface area (TPSA) is 135 Å². The Labute approximate surface area is 363 Å². The Hall–Kier alpha value is -5.51. The molecule has 1 aromatic heterocycles. The lowest BCUT2D eigenvalue weighted by atomic mass is 9.73. The molecule has 5 amide bonds. The van der Waals surface area contributed by atoms with Crippen LogP contribution >= 0.6 is 22.9 Å². The number of anilines is 2. The van der Waals surface area contributed by atoms with Crippen molar-refractivity contribution in [3.63, 3.8) is 0 Å². The van der Waals surface area contributed by atoms with E-state index in [0.717, 1.165) is 32.3 Å². The fourth-order valence-corrected chi connectivity index (χ4v) is 8.93. The quantitative estimate of drug-likeness (QED) is 0.109. The van der Waals surface area contributed by atoms with Gasteiger partial charge in [0, 0.05) is 31.7 Å². The Kier molecular flexibility index (Phi) is 14.4. The second-order valence-electron chi connectivity index (χ2n) is 16.7. The monoisotopic (exact) mass is 876 g/mol. The number of hydrogen-bond donors (Lipinski definition) is 0. The molecule has 3 aromatic carbocycles. The molecule has 3 heterocycles. The van der Waals surface area contributed by atoms with Crippen molar-refractivity contribution in [2.24, 2.45) is 10.8 Å². The highest BCUT2D eigenvalue weighted by atomic mass is 35.5. The first-order chi connectivity index (χ1) is 29.0. The van der Waals surface area contributed by atoms with Crippen molar-refractivity contribution >= 4 is 64.2 Å². The summed E-state index contributed by atoms with van der Waals surface area (Å²) in [6.45, 7) is 8.56. The second-order valence-corrected chi connectivity index (χ2v) is 18.4. The van der Waals surface area contributed by atoms with E-state index in [9.17, 15) is 24.0 Å². The number of methoxy groups -OCH3 is 1. The molecule has 1 atom stereocenters. The van der Waals surface area contributed by atoms with Crippen LogP contribution in [0.15, 0.2) is 84.9 Å². The van der Waals surface area contributed by atoms with E-state index in [1.165, 1.54) is 29.2 Å². The fraction of sp³-hybridized carbons (Fsp3) is 0.400. The van der Waals surface area contributed by atoms with Gasteiger partial charge in [-0.05, 0) is 70.8 Å². The van der Waals surface area contributed by atoms with Crippen molar-refractivity contribution in [2.45, 2.75) is 59.8 Å². The minimum absolute atomic E-state index is 0.0699. The van der Waals surface area contributed by atoms with E-state index in [1.54, 1.807) is 18.1 Å². The number of thiophene rings is 1. The first-order valence-electron chi connectivity index (χ1n) is 19.9. The van der Waals surface area contributed by atoms with Crippen molar-refractivity contribution in [2.75, 3.05) is 56.3 Å². The van der Waals surface area contributed by atoms with Gasteiger partial charge in [-0.25, -0.2) is 14.0 Å². The summed E-state index contributed by atoms with van der Waals surface area (Å²) in [5, 5.41) is 0. The molecule has 0 saturated carbocycles. The zero-order valence-electron chi connectivity index (χ0n) is 34.9. The van der Waals surface area contributed by atoms with Crippen LogP contribution in [0.25, 0.3) is 0 Å². The number of ether oxygens (including phenoxy) is 4. The van der Waals surface area contributed by atoms with E-state index >= 15 is 4.39 Å². The average molecular weight is 877 g/mol. The standard InChI is InChI=1S/C45H50ClFN4O9S/c1-44(2,28-45(3,4)29-48(23-30-11-14-33(57-5)15-12-30)42(55)59-26-31-9-7-6-8-10-31)22-39(52)51(41(54)37-17-18-38(46)61-37)25-34-24-50(43(56)60-34)36-16-13-32(21-35(36)47)49-19-20-58-27-40(49)53/h6-18,21,34H,19-20,22-29H2,1-5H3. The third-order valence-electron chi connectivity index (χ3n) is 10.3. The van der Waals surface area contributed by atoms with Gasteiger partial charge in [-0.1, -0.05) is 81.8 Å². The number of cyclic esters (lactones) is 1. The summed E-state index contributed by atoms with van der Waals surface area (Å²) in [6, 6.07) is 24.1. The number of halogens is 2. The van der Waals surface area contributed by atoms with Crippen molar-refractivity contribution < 1.29 is 47.3 Å². The maximum atomic E-state index is 15.5. The predicted octanol–water partition coefficient (Wildman–Crippen LogP) is 8.58. The van der Waals surface area contributed by atoms with Crippen LogP contribution in [0.5, 0.6) is 5.75 Å². The fourth-order valence-electron chi connectivity index (χ4n) is 7.93.